The number of hydrogen-bond donors (Lipinski definition) is 2. The Bertz CT molecular complexity index is 1240. The summed E-state index contributed by atoms with van der Waals surface area (Å²) in [6.45, 7) is 0. The summed E-state index contributed by atoms with van der Waals surface area (Å²) in [4.78, 5) is 17.5. The van der Waals surface area contributed by atoms with Gasteiger partial charge in [-0.05, 0) is 35.4 Å². The molecule has 4 aromatic rings. The van der Waals surface area contributed by atoms with Crippen LogP contribution in [0.3, 0.4) is 0 Å². The largest absolute Gasteiger partial charge is 0.497 e. The second-order valence-electron chi connectivity index (χ2n) is 6.84. The van der Waals surface area contributed by atoms with E-state index in [2.05, 4.69) is 33.7 Å². The maximum atomic E-state index is 5.41. The molecule has 2 heterocycles. The van der Waals surface area contributed by atoms with Gasteiger partial charge in [-0.15, -0.1) is 0 Å². The van der Waals surface area contributed by atoms with Crippen molar-refractivity contribution in [3.8, 4) is 17.0 Å². The lowest BCUT2D eigenvalue weighted by molar-refractivity contribution is 0.145. The van der Waals surface area contributed by atoms with E-state index in [0.29, 0.717) is 18.0 Å². The average molecular weight is 431 g/mol. The Morgan fingerprint density at radius 3 is 2.68 bits per heavy atom. The molecule has 6 nitrogen and oxygen atoms in total. The van der Waals surface area contributed by atoms with Gasteiger partial charge in [0, 0.05) is 29.1 Å². The van der Waals surface area contributed by atoms with Gasteiger partial charge in [-0.25, -0.2) is 15.5 Å². The molecule has 0 saturated heterocycles. The summed E-state index contributed by atoms with van der Waals surface area (Å²) in [7, 11) is 3.20. The monoisotopic (exact) mass is 430 g/mol. The van der Waals surface area contributed by atoms with Gasteiger partial charge in [-0.2, -0.15) is 0 Å². The summed E-state index contributed by atoms with van der Waals surface area (Å²) < 4.78 is 5.41. The molecule has 0 saturated carbocycles. The third-order valence-corrected chi connectivity index (χ3v) is 5.07. The molecule has 0 aliphatic heterocycles. The minimum atomic E-state index is 0.464. The van der Waals surface area contributed by atoms with Crippen molar-refractivity contribution in [2.24, 2.45) is 4.99 Å². The summed E-state index contributed by atoms with van der Waals surface area (Å²) >= 11 is 4.86. The third-order valence-electron chi connectivity index (χ3n) is 4.96. The molecule has 0 aliphatic rings. The van der Waals surface area contributed by atoms with E-state index in [1.54, 1.807) is 7.11 Å². The molecule has 0 unspecified atom stereocenters. The maximum absolute atomic E-state index is 5.41. The molecule has 0 fully saturated rings. The Morgan fingerprint density at radius 1 is 1.10 bits per heavy atom. The molecule has 0 amide bonds. The number of nitrogens with zero attached hydrogens (tertiary/aromatic N) is 2. The van der Waals surface area contributed by atoms with E-state index in [-0.39, 0.29) is 0 Å². The van der Waals surface area contributed by atoms with Gasteiger partial charge in [0.25, 0.3) is 0 Å². The van der Waals surface area contributed by atoms with Crippen LogP contribution < -0.4 is 10.2 Å². The SMILES string of the molecule is CONC(=NC=S)c1cccc(Cc2c(-c3ccccc3)[nH]c3cc(OC)ccc23)n1. The van der Waals surface area contributed by atoms with E-state index in [1.807, 2.05) is 48.5 Å². The van der Waals surface area contributed by atoms with Crippen molar-refractivity contribution in [2.45, 2.75) is 6.42 Å². The fourth-order valence-corrected chi connectivity index (χ4v) is 3.69. The average Bonchev–Trinajstić information content (AvgIpc) is 3.17. The third kappa shape index (κ3) is 4.47. The number of thiocarbonyl (C=S) groups is 1. The molecule has 0 aliphatic carbocycles. The summed E-state index contributed by atoms with van der Waals surface area (Å²) in [5.41, 5.74) is 9.96. The molecular formula is C24H22N4O2S. The standard InChI is InChI=1S/C24H22N4O2S/c1-29-18-11-12-19-20(23(27-22(19)14-18)16-7-4-3-5-8-16)13-17-9-6-10-21(26-17)24(25-15-31)28-30-2/h3-12,14-15,27H,13H2,1-2H3,(H,25,28,31). The number of ether oxygens (including phenoxy) is 1. The molecule has 4 rings (SSSR count). The van der Waals surface area contributed by atoms with Crippen molar-refractivity contribution in [3.05, 3.63) is 83.7 Å². The molecule has 0 atom stereocenters. The molecule has 31 heavy (non-hydrogen) atoms. The molecule has 0 bridgehead atoms. The number of fused-ring (bicyclic) bond motifs is 1. The van der Waals surface area contributed by atoms with E-state index in [9.17, 15) is 0 Å². The molecule has 2 N–H and O–H groups in total. The number of pyridine rings is 1. The lowest BCUT2D eigenvalue weighted by Gasteiger charge is -2.09. The minimum Gasteiger partial charge on any atom is -0.497 e. The van der Waals surface area contributed by atoms with Gasteiger partial charge < -0.3 is 9.72 Å². The number of methoxy groups -OCH3 is 1. The highest BCUT2D eigenvalue weighted by molar-refractivity contribution is 7.78. The molecule has 0 spiro atoms. The zero-order chi connectivity index (χ0) is 21.6. The van der Waals surface area contributed by atoms with Crippen LogP contribution in [0.1, 0.15) is 17.0 Å². The van der Waals surface area contributed by atoms with Crippen LogP contribution in [0.2, 0.25) is 0 Å². The Morgan fingerprint density at radius 2 is 1.94 bits per heavy atom. The number of hydrogen-bond acceptors (Lipinski definition) is 4. The number of nitrogens with one attached hydrogen (secondary N) is 2. The van der Waals surface area contributed by atoms with Gasteiger partial charge in [-0.3, -0.25) is 4.84 Å². The Hall–Kier alpha value is -3.55. The van der Waals surface area contributed by atoms with Crippen LogP contribution in [0, 0.1) is 0 Å². The van der Waals surface area contributed by atoms with Crippen LogP contribution in [0.25, 0.3) is 22.2 Å². The number of hydroxylamine groups is 1. The normalized spacial score (nSPS) is 11.5. The summed E-state index contributed by atoms with van der Waals surface area (Å²) in [6, 6.07) is 22.2. The molecule has 2 aromatic carbocycles. The van der Waals surface area contributed by atoms with E-state index in [0.717, 1.165) is 33.6 Å². The Kier molecular flexibility index (Phi) is 6.35. The Balaban J connectivity index is 1.80. The van der Waals surface area contributed by atoms with Crippen LogP contribution in [-0.2, 0) is 11.3 Å². The highest BCUT2D eigenvalue weighted by Gasteiger charge is 2.16. The zero-order valence-corrected chi connectivity index (χ0v) is 18.1. The highest BCUT2D eigenvalue weighted by Crippen LogP contribution is 2.33. The van der Waals surface area contributed by atoms with Crippen LogP contribution in [-0.4, -0.2) is 35.5 Å². The zero-order valence-electron chi connectivity index (χ0n) is 17.3. The van der Waals surface area contributed by atoms with Crippen molar-refractivity contribution < 1.29 is 9.57 Å². The Labute approximate surface area is 185 Å². The number of aromatic nitrogens is 2. The van der Waals surface area contributed by atoms with Gasteiger partial charge in [0.2, 0.25) is 0 Å². The van der Waals surface area contributed by atoms with Crippen molar-refractivity contribution >= 4 is 34.4 Å². The van der Waals surface area contributed by atoms with Gasteiger partial charge in [0.05, 0.1) is 25.4 Å². The van der Waals surface area contributed by atoms with Gasteiger partial charge in [0.15, 0.2) is 5.84 Å². The first-order valence-electron chi connectivity index (χ1n) is 9.74. The van der Waals surface area contributed by atoms with E-state index < -0.39 is 0 Å². The number of aliphatic imine (C=N–C) groups is 1. The molecular weight excluding hydrogens is 408 g/mol. The maximum Gasteiger partial charge on any atom is 0.176 e. The smallest absolute Gasteiger partial charge is 0.176 e. The van der Waals surface area contributed by atoms with Crippen LogP contribution >= 0.6 is 12.2 Å². The quantitative estimate of drug-likeness (QED) is 0.193. The van der Waals surface area contributed by atoms with Crippen molar-refractivity contribution in [2.75, 3.05) is 14.2 Å². The number of amidine groups is 1. The molecule has 156 valence electrons. The predicted octanol–water partition coefficient (Wildman–Crippen LogP) is 4.68. The highest BCUT2D eigenvalue weighted by atomic mass is 32.1. The summed E-state index contributed by atoms with van der Waals surface area (Å²) in [5, 5.41) is 1.13. The first-order chi connectivity index (χ1) is 15.2. The van der Waals surface area contributed by atoms with Crippen molar-refractivity contribution in [1.82, 2.24) is 15.4 Å². The van der Waals surface area contributed by atoms with Crippen LogP contribution in [0.4, 0.5) is 0 Å². The van der Waals surface area contributed by atoms with Crippen molar-refractivity contribution in [3.63, 3.8) is 0 Å². The predicted molar refractivity (Wildman–Crippen MR) is 128 cm³/mol. The second kappa shape index (κ2) is 9.51. The minimum absolute atomic E-state index is 0.464. The van der Waals surface area contributed by atoms with Gasteiger partial charge in [0.1, 0.15) is 11.4 Å². The van der Waals surface area contributed by atoms with Crippen molar-refractivity contribution in [1.29, 1.82) is 0 Å². The van der Waals surface area contributed by atoms with E-state index >= 15 is 0 Å². The number of H-pyrrole nitrogens is 1. The van der Waals surface area contributed by atoms with Gasteiger partial charge >= 0.3 is 0 Å². The topological polar surface area (TPSA) is 71.5 Å². The first-order valence-corrected chi connectivity index (χ1v) is 10.2. The number of aromatic amines is 1. The fourth-order valence-electron chi connectivity index (χ4n) is 3.58. The summed E-state index contributed by atoms with van der Waals surface area (Å²) in [5.74, 6) is 1.28. The second-order valence-corrected chi connectivity index (χ2v) is 7.05. The van der Waals surface area contributed by atoms with Gasteiger partial charge in [-0.1, -0.05) is 48.6 Å². The molecule has 7 heteroatoms. The number of benzene rings is 2. The van der Waals surface area contributed by atoms with Crippen LogP contribution in [0.5, 0.6) is 5.75 Å². The fraction of sp³-hybridized carbons (Fsp3) is 0.125. The molecule has 2 aromatic heterocycles. The number of rotatable bonds is 7. The first kappa shape index (κ1) is 20.7. The van der Waals surface area contributed by atoms with E-state index in [1.165, 1.54) is 18.2 Å². The lowest BCUT2D eigenvalue weighted by atomic mass is 10.0. The molecule has 0 radical (unpaired) electrons. The van der Waals surface area contributed by atoms with Crippen LogP contribution in [0.15, 0.2) is 71.7 Å². The summed E-state index contributed by atoms with van der Waals surface area (Å²) in [6.07, 6.45) is 0.641. The lowest BCUT2D eigenvalue weighted by Crippen LogP contribution is -2.24. The van der Waals surface area contributed by atoms with E-state index in [4.69, 9.17) is 26.8 Å².